The summed E-state index contributed by atoms with van der Waals surface area (Å²) < 4.78 is 12.0. The number of H-pyrrole nitrogens is 1. The minimum atomic E-state index is -0.293. The molecule has 0 fully saturated rings. The number of nitrogens with one attached hydrogen (secondary N) is 2. The maximum atomic E-state index is 12.7. The molecular weight excluding hydrogens is 378 g/mol. The summed E-state index contributed by atoms with van der Waals surface area (Å²) in [4.78, 5) is 28.3. The molecule has 0 aliphatic carbocycles. The molecule has 146 valence electrons. The van der Waals surface area contributed by atoms with Crippen molar-refractivity contribution in [2.75, 3.05) is 26.1 Å². The van der Waals surface area contributed by atoms with Crippen molar-refractivity contribution < 1.29 is 14.3 Å². The second-order valence-electron chi connectivity index (χ2n) is 6.18. The molecule has 7 nitrogen and oxygen atoms in total. The zero-order chi connectivity index (χ0) is 20.1. The molecule has 0 spiro atoms. The van der Waals surface area contributed by atoms with E-state index in [4.69, 9.17) is 21.7 Å². The van der Waals surface area contributed by atoms with Gasteiger partial charge in [-0.25, -0.2) is 0 Å². The number of hydrogen-bond donors (Lipinski definition) is 2. The number of hydrogen-bond acceptors (Lipinski definition) is 5. The lowest BCUT2D eigenvalue weighted by molar-refractivity contribution is 0.102. The second kappa shape index (κ2) is 8.81. The fourth-order valence-electron chi connectivity index (χ4n) is 2.87. The number of aromatic amines is 1. The van der Waals surface area contributed by atoms with Crippen molar-refractivity contribution in [1.82, 2.24) is 9.55 Å². The summed E-state index contributed by atoms with van der Waals surface area (Å²) in [5.74, 6) is 0.355. The number of ether oxygens (including phenoxy) is 2. The highest BCUT2D eigenvalue weighted by Crippen LogP contribution is 2.18. The molecule has 0 bridgehead atoms. The fourth-order valence-corrected chi connectivity index (χ4v) is 3.15. The number of rotatable bonds is 7. The molecule has 2 N–H and O–H groups in total. The Balaban J connectivity index is 1.89. The van der Waals surface area contributed by atoms with E-state index in [2.05, 4.69) is 10.3 Å². The molecule has 0 unspecified atom stereocenters. The Kier molecular flexibility index (Phi) is 6.23. The summed E-state index contributed by atoms with van der Waals surface area (Å²) in [6, 6.07) is 12.0. The number of carbonyl (C=O) groups is 1. The minimum absolute atomic E-state index is 0.186. The molecule has 1 amide bonds. The third kappa shape index (κ3) is 4.29. The van der Waals surface area contributed by atoms with Crippen LogP contribution < -0.4 is 15.6 Å². The Morgan fingerprint density at radius 3 is 2.79 bits per heavy atom. The van der Waals surface area contributed by atoms with Gasteiger partial charge >= 0.3 is 0 Å². The quantitative estimate of drug-likeness (QED) is 0.470. The van der Waals surface area contributed by atoms with Gasteiger partial charge in [-0.05, 0) is 49.0 Å². The van der Waals surface area contributed by atoms with Crippen LogP contribution in [-0.2, 0) is 11.3 Å². The van der Waals surface area contributed by atoms with E-state index in [1.807, 2.05) is 0 Å². The first-order chi connectivity index (χ1) is 13.5. The van der Waals surface area contributed by atoms with Crippen LogP contribution in [0.25, 0.3) is 10.9 Å². The third-order valence-corrected chi connectivity index (χ3v) is 4.62. The average molecular weight is 399 g/mol. The third-order valence-electron chi connectivity index (χ3n) is 4.30. The zero-order valence-corrected chi connectivity index (χ0v) is 16.5. The molecule has 2 aromatic carbocycles. The summed E-state index contributed by atoms with van der Waals surface area (Å²) >= 11 is 5.31. The van der Waals surface area contributed by atoms with Crippen molar-refractivity contribution in [2.24, 2.45) is 0 Å². The van der Waals surface area contributed by atoms with E-state index in [0.29, 0.717) is 52.2 Å². The van der Waals surface area contributed by atoms with Crippen molar-refractivity contribution in [1.29, 1.82) is 0 Å². The fraction of sp³-hybridized carbons (Fsp3) is 0.250. The molecular formula is C20H21N3O4S. The number of benzene rings is 2. The van der Waals surface area contributed by atoms with Gasteiger partial charge in [0.25, 0.3) is 11.5 Å². The van der Waals surface area contributed by atoms with Crippen molar-refractivity contribution in [3.8, 4) is 5.75 Å². The summed E-state index contributed by atoms with van der Waals surface area (Å²) in [5, 5.41) is 3.29. The Morgan fingerprint density at radius 1 is 1.21 bits per heavy atom. The number of carbonyl (C=O) groups excluding carboxylic acids is 1. The van der Waals surface area contributed by atoms with Gasteiger partial charge in [-0.1, -0.05) is 6.07 Å². The first kappa shape index (κ1) is 19.8. The van der Waals surface area contributed by atoms with Crippen LogP contribution in [0.1, 0.15) is 16.8 Å². The lowest BCUT2D eigenvalue weighted by Crippen LogP contribution is -2.23. The van der Waals surface area contributed by atoms with Gasteiger partial charge in [-0.2, -0.15) is 0 Å². The lowest BCUT2D eigenvalue weighted by Gasteiger charge is -2.10. The number of fused-ring (bicyclic) bond motifs is 1. The van der Waals surface area contributed by atoms with Gasteiger partial charge in [0.05, 0.1) is 18.0 Å². The highest BCUT2D eigenvalue weighted by Gasteiger charge is 2.11. The molecule has 0 saturated carbocycles. The zero-order valence-electron chi connectivity index (χ0n) is 15.7. The van der Waals surface area contributed by atoms with Gasteiger partial charge in [0.2, 0.25) is 0 Å². The van der Waals surface area contributed by atoms with E-state index in [0.717, 1.165) is 0 Å². The van der Waals surface area contributed by atoms with Crippen LogP contribution in [0.3, 0.4) is 0 Å². The van der Waals surface area contributed by atoms with Crippen molar-refractivity contribution >= 4 is 34.7 Å². The maximum absolute atomic E-state index is 12.7. The van der Waals surface area contributed by atoms with Crippen LogP contribution in [0.2, 0.25) is 0 Å². The molecule has 1 heterocycles. The first-order valence-electron chi connectivity index (χ1n) is 8.74. The largest absolute Gasteiger partial charge is 0.497 e. The van der Waals surface area contributed by atoms with Crippen molar-refractivity contribution in [3.05, 3.63) is 63.2 Å². The summed E-state index contributed by atoms with van der Waals surface area (Å²) in [5.41, 5.74) is 1.37. The molecule has 0 aliphatic heterocycles. The topological polar surface area (TPSA) is 85.3 Å². The highest BCUT2D eigenvalue weighted by molar-refractivity contribution is 7.71. The van der Waals surface area contributed by atoms with E-state index < -0.39 is 0 Å². The normalized spacial score (nSPS) is 10.8. The van der Waals surface area contributed by atoms with Crippen molar-refractivity contribution in [2.45, 2.75) is 13.0 Å². The molecule has 0 saturated heterocycles. The van der Waals surface area contributed by atoms with Gasteiger partial charge in [-0.15, -0.1) is 0 Å². The average Bonchev–Trinajstić information content (AvgIpc) is 2.70. The van der Waals surface area contributed by atoms with Gasteiger partial charge < -0.3 is 19.8 Å². The highest BCUT2D eigenvalue weighted by atomic mass is 32.1. The van der Waals surface area contributed by atoms with Crippen LogP contribution in [0.4, 0.5) is 5.69 Å². The summed E-state index contributed by atoms with van der Waals surface area (Å²) in [7, 11) is 3.18. The van der Waals surface area contributed by atoms with Crippen LogP contribution in [0.15, 0.2) is 47.3 Å². The Hall–Kier alpha value is -2.97. The molecule has 0 atom stereocenters. The second-order valence-corrected chi connectivity index (χ2v) is 6.57. The van der Waals surface area contributed by atoms with Crippen LogP contribution in [0, 0.1) is 4.77 Å². The lowest BCUT2D eigenvalue weighted by atomic mass is 10.1. The van der Waals surface area contributed by atoms with E-state index in [-0.39, 0.29) is 11.5 Å². The van der Waals surface area contributed by atoms with Crippen LogP contribution in [-0.4, -0.2) is 36.3 Å². The maximum Gasteiger partial charge on any atom is 0.262 e. The van der Waals surface area contributed by atoms with Gasteiger partial charge in [0.15, 0.2) is 4.77 Å². The predicted molar refractivity (Wildman–Crippen MR) is 111 cm³/mol. The minimum Gasteiger partial charge on any atom is -0.497 e. The standard InChI is InChI=1S/C20H21N3O4S/c1-26-10-4-9-23-19(25)16-8-7-13(11-17(16)22-20(23)28)18(24)21-14-5-3-6-15(12-14)27-2/h3,5-8,11-12H,4,9-10H2,1-2H3,(H,21,24)(H,22,28). The summed E-state index contributed by atoms with van der Waals surface area (Å²) in [6.45, 7) is 1.01. The molecule has 3 rings (SSSR count). The Bertz CT molecular complexity index is 1120. The van der Waals surface area contributed by atoms with E-state index >= 15 is 0 Å². The monoisotopic (exact) mass is 399 g/mol. The Labute approximate surface area is 166 Å². The van der Waals surface area contributed by atoms with Crippen molar-refractivity contribution in [3.63, 3.8) is 0 Å². The van der Waals surface area contributed by atoms with Gasteiger partial charge in [-0.3, -0.25) is 14.2 Å². The number of amides is 1. The molecule has 0 aliphatic rings. The molecule has 1 aromatic heterocycles. The molecule has 8 heteroatoms. The molecule has 28 heavy (non-hydrogen) atoms. The van der Waals surface area contributed by atoms with Crippen LogP contribution >= 0.6 is 12.2 Å². The molecule has 3 aromatic rings. The van der Waals surface area contributed by atoms with E-state index in [9.17, 15) is 9.59 Å². The number of anilines is 1. The summed E-state index contributed by atoms with van der Waals surface area (Å²) in [6.07, 6.45) is 0.681. The first-order valence-corrected chi connectivity index (χ1v) is 9.15. The Morgan fingerprint density at radius 2 is 2.04 bits per heavy atom. The van der Waals surface area contributed by atoms with E-state index in [1.165, 1.54) is 4.57 Å². The van der Waals surface area contributed by atoms with Gasteiger partial charge in [0.1, 0.15) is 5.75 Å². The van der Waals surface area contributed by atoms with E-state index in [1.54, 1.807) is 56.7 Å². The smallest absolute Gasteiger partial charge is 0.262 e. The molecule has 0 radical (unpaired) electrons. The number of nitrogens with zero attached hydrogens (tertiary/aromatic N) is 1. The number of methoxy groups -OCH3 is 2. The predicted octanol–water partition coefficient (Wildman–Crippen LogP) is 3.36. The SMILES string of the molecule is COCCCn1c(=S)[nH]c2cc(C(=O)Nc3cccc(OC)c3)ccc2c1=O. The van der Waals surface area contributed by atoms with Gasteiger partial charge in [0, 0.05) is 37.6 Å². The number of aromatic nitrogens is 2. The van der Waals surface area contributed by atoms with Crippen LogP contribution in [0.5, 0.6) is 5.75 Å².